The highest BCUT2D eigenvalue weighted by atomic mass is 79.9. The minimum Gasteiger partial charge on any atom is -0.475 e. The SMILES string of the molecule is C[C@H]1Oc2c(cc(Br)c([N+](=O)[O-])c2F)NC1=O. The summed E-state index contributed by atoms with van der Waals surface area (Å²) in [4.78, 5) is 21.1. The minimum absolute atomic E-state index is 0.0581. The molecule has 6 nitrogen and oxygen atoms in total. The van der Waals surface area contributed by atoms with Crippen molar-refractivity contribution in [2.24, 2.45) is 0 Å². The van der Waals surface area contributed by atoms with Crippen LogP contribution in [0, 0.1) is 15.9 Å². The molecule has 2 rings (SSSR count). The summed E-state index contributed by atoms with van der Waals surface area (Å²) in [5.41, 5.74) is -0.643. The number of nitrogens with one attached hydrogen (secondary N) is 1. The van der Waals surface area contributed by atoms with Gasteiger partial charge in [0, 0.05) is 0 Å². The highest BCUT2D eigenvalue weighted by Crippen LogP contribution is 2.41. The average Bonchev–Trinajstić information content (AvgIpc) is 2.21. The van der Waals surface area contributed by atoms with Crippen LogP contribution in [-0.2, 0) is 4.79 Å². The Morgan fingerprint density at radius 3 is 2.88 bits per heavy atom. The van der Waals surface area contributed by atoms with E-state index in [0.29, 0.717) is 0 Å². The molecule has 1 N–H and O–H groups in total. The third-order valence-electron chi connectivity index (χ3n) is 2.25. The van der Waals surface area contributed by atoms with Gasteiger partial charge < -0.3 is 10.1 Å². The monoisotopic (exact) mass is 304 g/mol. The van der Waals surface area contributed by atoms with E-state index in [9.17, 15) is 19.3 Å². The number of fused-ring (bicyclic) bond motifs is 1. The van der Waals surface area contributed by atoms with E-state index < -0.39 is 28.4 Å². The molecule has 17 heavy (non-hydrogen) atoms. The van der Waals surface area contributed by atoms with Crippen LogP contribution in [0.3, 0.4) is 0 Å². The first kappa shape index (κ1) is 11.8. The van der Waals surface area contributed by atoms with E-state index >= 15 is 0 Å². The lowest BCUT2D eigenvalue weighted by Crippen LogP contribution is -2.34. The van der Waals surface area contributed by atoms with Crippen LogP contribution in [0.2, 0.25) is 0 Å². The highest BCUT2D eigenvalue weighted by molar-refractivity contribution is 9.10. The van der Waals surface area contributed by atoms with Crippen molar-refractivity contribution in [2.75, 3.05) is 5.32 Å². The molecule has 1 aromatic carbocycles. The number of hydrogen-bond acceptors (Lipinski definition) is 4. The van der Waals surface area contributed by atoms with Crippen LogP contribution in [0.15, 0.2) is 10.5 Å². The number of nitro groups is 1. The molecule has 1 heterocycles. The number of amides is 1. The number of benzene rings is 1. The van der Waals surface area contributed by atoms with E-state index in [1.54, 1.807) is 0 Å². The average molecular weight is 305 g/mol. The van der Waals surface area contributed by atoms with Gasteiger partial charge in [-0.1, -0.05) is 0 Å². The van der Waals surface area contributed by atoms with Crippen LogP contribution in [0.5, 0.6) is 5.75 Å². The fourth-order valence-electron chi connectivity index (χ4n) is 1.43. The molecule has 0 spiro atoms. The van der Waals surface area contributed by atoms with Gasteiger partial charge in [-0.15, -0.1) is 0 Å². The largest absolute Gasteiger partial charge is 0.475 e. The lowest BCUT2D eigenvalue weighted by molar-refractivity contribution is -0.388. The molecule has 1 aliphatic heterocycles. The molecule has 0 fully saturated rings. The standard InChI is InChI=1S/C9H6BrFN2O4/c1-3-9(14)12-5-2-4(10)7(13(15)16)6(11)8(5)17-3/h2-3H,1H3,(H,12,14)/t3-/m1/s1. The van der Waals surface area contributed by atoms with Crippen LogP contribution in [0.1, 0.15) is 6.92 Å². The Labute approximate surface area is 103 Å². The Morgan fingerprint density at radius 2 is 2.29 bits per heavy atom. The molecule has 1 atom stereocenters. The Hall–Kier alpha value is -1.70. The van der Waals surface area contributed by atoms with Crippen molar-refractivity contribution < 1.29 is 18.8 Å². The van der Waals surface area contributed by atoms with Gasteiger partial charge in [0.1, 0.15) is 4.47 Å². The fraction of sp³-hybridized carbons (Fsp3) is 0.222. The van der Waals surface area contributed by atoms with Crippen LogP contribution in [0.25, 0.3) is 0 Å². The zero-order chi connectivity index (χ0) is 12.7. The molecule has 0 radical (unpaired) electrons. The predicted molar refractivity (Wildman–Crippen MR) is 59.5 cm³/mol. The van der Waals surface area contributed by atoms with Crippen LogP contribution >= 0.6 is 15.9 Å². The number of carbonyl (C=O) groups is 1. The van der Waals surface area contributed by atoms with Gasteiger partial charge in [0.05, 0.1) is 10.6 Å². The van der Waals surface area contributed by atoms with Gasteiger partial charge in [0.2, 0.25) is 5.82 Å². The third kappa shape index (κ3) is 1.84. The van der Waals surface area contributed by atoms with Gasteiger partial charge in [0.25, 0.3) is 5.91 Å². The van der Waals surface area contributed by atoms with Gasteiger partial charge >= 0.3 is 5.69 Å². The number of ether oxygens (including phenoxy) is 1. The third-order valence-corrected chi connectivity index (χ3v) is 2.86. The maximum Gasteiger partial charge on any atom is 0.322 e. The summed E-state index contributed by atoms with van der Waals surface area (Å²) in [5.74, 6) is -1.85. The Balaban J connectivity index is 2.63. The molecule has 1 amide bonds. The zero-order valence-electron chi connectivity index (χ0n) is 8.49. The maximum atomic E-state index is 13.8. The van der Waals surface area contributed by atoms with Crippen molar-refractivity contribution in [1.82, 2.24) is 0 Å². The number of halogens is 2. The van der Waals surface area contributed by atoms with E-state index in [4.69, 9.17) is 4.74 Å². The Kier molecular flexibility index (Phi) is 2.74. The number of rotatable bonds is 1. The van der Waals surface area contributed by atoms with E-state index in [-0.39, 0.29) is 15.9 Å². The summed E-state index contributed by atoms with van der Waals surface area (Å²) in [7, 11) is 0. The molecule has 0 aliphatic carbocycles. The fourth-order valence-corrected chi connectivity index (χ4v) is 1.98. The summed E-state index contributed by atoms with van der Waals surface area (Å²) < 4.78 is 18.8. The normalized spacial score (nSPS) is 18.1. The van der Waals surface area contributed by atoms with Crippen molar-refractivity contribution in [2.45, 2.75) is 13.0 Å². The Bertz CT molecular complexity index is 534. The molecule has 0 aromatic heterocycles. The number of carbonyl (C=O) groups excluding carboxylic acids is 1. The molecular formula is C9H6BrFN2O4. The van der Waals surface area contributed by atoms with Gasteiger partial charge in [-0.05, 0) is 28.9 Å². The van der Waals surface area contributed by atoms with Gasteiger partial charge in [-0.3, -0.25) is 14.9 Å². The predicted octanol–water partition coefficient (Wildman–Crippen LogP) is 2.22. The van der Waals surface area contributed by atoms with Crippen LogP contribution < -0.4 is 10.1 Å². The van der Waals surface area contributed by atoms with Crippen LogP contribution in [-0.4, -0.2) is 16.9 Å². The molecule has 90 valence electrons. The molecule has 0 unspecified atom stereocenters. The van der Waals surface area contributed by atoms with Crippen LogP contribution in [0.4, 0.5) is 15.8 Å². The van der Waals surface area contributed by atoms with E-state index in [0.717, 1.165) is 0 Å². The lowest BCUT2D eigenvalue weighted by Gasteiger charge is -2.23. The summed E-state index contributed by atoms with van der Waals surface area (Å²) in [6.07, 6.45) is -0.891. The summed E-state index contributed by atoms with van der Waals surface area (Å²) >= 11 is 2.87. The first-order valence-corrected chi connectivity index (χ1v) is 5.35. The smallest absolute Gasteiger partial charge is 0.322 e. The van der Waals surface area contributed by atoms with Gasteiger partial charge in [-0.25, -0.2) is 0 Å². The van der Waals surface area contributed by atoms with E-state index in [2.05, 4.69) is 21.2 Å². The van der Waals surface area contributed by atoms with Gasteiger partial charge in [-0.2, -0.15) is 4.39 Å². The quantitative estimate of drug-likeness (QED) is 0.637. The topological polar surface area (TPSA) is 81.5 Å². The minimum atomic E-state index is -1.11. The lowest BCUT2D eigenvalue weighted by atomic mass is 10.2. The zero-order valence-corrected chi connectivity index (χ0v) is 10.1. The number of nitrogens with zero attached hydrogens (tertiary/aromatic N) is 1. The molecule has 1 aliphatic rings. The first-order valence-electron chi connectivity index (χ1n) is 4.55. The van der Waals surface area contributed by atoms with Crippen molar-refractivity contribution in [3.8, 4) is 5.75 Å². The molecule has 0 bridgehead atoms. The second-order valence-electron chi connectivity index (χ2n) is 3.40. The van der Waals surface area contributed by atoms with Crippen molar-refractivity contribution >= 4 is 33.2 Å². The van der Waals surface area contributed by atoms with E-state index in [1.165, 1.54) is 13.0 Å². The number of hydrogen-bond donors (Lipinski definition) is 1. The summed E-state index contributed by atoms with van der Waals surface area (Å²) in [6.45, 7) is 1.42. The van der Waals surface area contributed by atoms with Gasteiger partial charge in [0.15, 0.2) is 11.9 Å². The second-order valence-corrected chi connectivity index (χ2v) is 4.26. The Morgan fingerprint density at radius 1 is 1.65 bits per heavy atom. The number of anilines is 1. The highest BCUT2D eigenvalue weighted by Gasteiger charge is 2.33. The molecule has 8 heteroatoms. The maximum absolute atomic E-state index is 13.8. The van der Waals surface area contributed by atoms with Crippen molar-refractivity contribution in [3.63, 3.8) is 0 Å². The van der Waals surface area contributed by atoms with Crippen molar-refractivity contribution in [1.29, 1.82) is 0 Å². The second kappa shape index (κ2) is 3.95. The summed E-state index contributed by atoms with van der Waals surface area (Å²) in [5, 5.41) is 13.1. The first-order chi connectivity index (χ1) is 7.91. The van der Waals surface area contributed by atoms with Crippen molar-refractivity contribution in [3.05, 3.63) is 26.5 Å². The number of nitro benzene ring substituents is 1. The molecule has 0 saturated heterocycles. The molecule has 1 aromatic rings. The summed E-state index contributed by atoms with van der Waals surface area (Å²) in [6, 6.07) is 1.24. The molecule has 0 saturated carbocycles. The molecular weight excluding hydrogens is 299 g/mol. The van der Waals surface area contributed by atoms with E-state index in [1.807, 2.05) is 0 Å².